The van der Waals surface area contributed by atoms with Gasteiger partial charge in [-0.05, 0) is 38.8 Å². The lowest BCUT2D eigenvalue weighted by molar-refractivity contribution is -0.131. The van der Waals surface area contributed by atoms with Gasteiger partial charge in [-0.25, -0.2) is 8.42 Å². The van der Waals surface area contributed by atoms with Gasteiger partial charge >= 0.3 is 0 Å². The average molecular weight is 437 g/mol. The Kier molecular flexibility index (Phi) is 8.27. The first-order valence-corrected chi connectivity index (χ1v) is 12.6. The highest BCUT2D eigenvalue weighted by Gasteiger charge is 2.29. The molecule has 2 atom stereocenters. The lowest BCUT2D eigenvalue weighted by Gasteiger charge is -2.40. The number of carbonyl (C=O) groups excluding carboxylic acids is 1. The summed E-state index contributed by atoms with van der Waals surface area (Å²) in [6.45, 7) is 8.72. The van der Waals surface area contributed by atoms with Crippen molar-refractivity contribution < 1.29 is 13.2 Å². The number of carbonyl (C=O) groups is 1. The molecule has 2 saturated heterocycles. The molecule has 1 amide bonds. The van der Waals surface area contributed by atoms with Gasteiger partial charge in [-0.15, -0.1) is 0 Å². The monoisotopic (exact) mass is 436 g/mol. The first-order chi connectivity index (χ1) is 14.4. The number of hydrogen-bond donors (Lipinski definition) is 1. The highest BCUT2D eigenvalue weighted by Crippen LogP contribution is 2.23. The molecule has 2 aliphatic heterocycles. The molecular weight excluding hydrogens is 400 g/mol. The van der Waals surface area contributed by atoms with E-state index in [0.717, 1.165) is 25.9 Å². The van der Waals surface area contributed by atoms with Gasteiger partial charge in [0, 0.05) is 64.3 Å². The molecule has 0 bridgehead atoms. The summed E-state index contributed by atoms with van der Waals surface area (Å²) in [5.74, 6) is 0.0319. The molecule has 2 heterocycles. The molecular formula is C22H36N4O3S. The van der Waals surface area contributed by atoms with E-state index in [9.17, 15) is 13.2 Å². The molecule has 3 rings (SSSR count). The number of nitrogens with one attached hydrogen (secondary N) is 1. The van der Waals surface area contributed by atoms with Crippen molar-refractivity contribution in [3.63, 3.8) is 0 Å². The van der Waals surface area contributed by atoms with Gasteiger partial charge < -0.3 is 10.2 Å². The third kappa shape index (κ3) is 5.81. The number of likely N-dealkylation sites (tertiary alicyclic amines) is 1. The van der Waals surface area contributed by atoms with E-state index in [4.69, 9.17) is 0 Å². The van der Waals surface area contributed by atoms with E-state index in [1.165, 1.54) is 10.7 Å². The van der Waals surface area contributed by atoms with Crippen LogP contribution < -0.4 is 5.32 Å². The highest BCUT2D eigenvalue weighted by atomic mass is 32.2. The molecule has 1 aromatic rings. The Morgan fingerprint density at radius 2 is 1.70 bits per heavy atom. The Hall–Kier alpha value is -1.48. The zero-order chi connectivity index (χ0) is 21.6. The van der Waals surface area contributed by atoms with Crippen LogP contribution in [0.4, 0.5) is 0 Å². The summed E-state index contributed by atoms with van der Waals surface area (Å²) < 4.78 is 28.2. The summed E-state index contributed by atoms with van der Waals surface area (Å²) in [5.41, 5.74) is 0. The van der Waals surface area contributed by atoms with Crippen molar-refractivity contribution in [2.24, 2.45) is 0 Å². The van der Waals surface area contributed by atoms with Crippen molar-refractivity contribution in [1.29, 1.82) is 0 Å². The number of sulfonamides is 1. The quantitative estimate of drug-likeness (QED) is 0.672. The molecule has 2 fully saturated rings. The molecule has 2 aliphatic rings. The summed E-state index contributed by atoms with van der Waals surface area (Å²) in [4.78, 5) is 17.2. The zero-order valence-electron chi connectivity index (χ0n) is 18.3. The van der Waals surface area contributed by atoms with Gasteiger partial charge in [0.05, 0.1) is 4.90 Å². The normalized spacial score (nSPS) is 23.6. The molecule has 8 heteroatoms. The SMILES string of the molecule is C[C@H]1CCC[C@H](C)N1CCN(CCC(=O)N1CCNCC1)S(=O)(=O)c1ccccc1. The highest BCUT2D eigenvalue weighted by molar-refractivity contribution is 7.89. The smallest absolute Gasteiger partial charge is 0.243 e. The van der Waals surface area contributed by atoms with Crippen LogP contribution in [0, 0.1) is 0 Å². The number of nitrogens with zero attached hydrogens (tertiary/aromatic N) is 3. The van der Waals surface area contributed by atoms with Crippen LogP contribution in [0.5, 0.6) is 0 Å². The number of rotatable bonds is 8. The van der Waals surface area contributed by atoms with Gasteiger partial charge in [0.25, 0.3) is 0 Å². The number of hydrogen-bond acceptors (Lipinski definition) is 5. The maximum atomic E-state index is 13.3. The van der Waals surface area contributed by atoms with Crippen LogP contribution in [0.3, 0.4) is 0 Å². The lowest BCUT2D eigenvalue weighted by atomic mass is 9.98. The second kappa shape index (κ2) is 10.7. The second-order valence-electron chi connectivity index (χ2n) is 8.46. The minimum absolute atomic E-state index is 0.0319. The number of benzene rings is 1. The fourth-order valence-corrected chi connectivity index (χ4v) is 5.98. The Balaban J connectivity index is 1.70. The second-order valence-corrected chi connectivity index (χ2v) is 10.4. The van der Waals surface area contributed by atoms with Crippen molar-refractivity contribution in [3.05, 3.63) is 30.3 Å². The van der Waals surface area contributed by atoms with Crippen LogP contribution in [0.2, 0.25) is 0 Å². The van der Waals surface area contributed by atoms with Crippen molar-refractivity contribution >= 4 is 15.9 Å². The van der Waals surface area contributed by atoms with E-state index in [1.807, 2.05) is 11.0 Å². The van der Waals surface area contributed by atoms with Gasteiger partial charge in [0.15, 0.2) is 0 Å². The molecule has 7 nitrogen and oxygen atoms in total. The predicted octanol–water partition coefficient (Wildman–Crippen LogP) is 1.76. The van der Waals surface area contributed by atoms with Crippen LogP contribution in [-0.2, 0) is 14.8 Å². The predicted molar refractivity (Wildman–Crippen MR) is 119 cm³/mol. The summed E-state index contributed by atoms with van der Waals surface area (Å²) >= 11 is 0. The van der Waals surface area contributed by atoms with Gasteiger partial charge in [0.1, 0.15) is 0 Å². The Labute approximate surface area is 181 Å². The average Bonchev–Trinajstić information content (AvgIpc) is 2.76. The Morgan fingerprint density at radius 3 is 2.33 bits per heavy atom. The maximum Gasteiger partial charge on any atom is 0.243 e. The minimum Gasteiger partial charge on any atom is -0.340 e. The van der Waals surface area contributed by atoms with E-state index in [0.29, 0.717) is 43.2 Å². The molecule has 0 spiro atoms. The van der Waals surface area contributed by atoms with Crippen molar-refractivity contribution in [3.8, 4) is 0 Å². The lowest BCUT2D eigenvalue weighted by Crippen LogP contribution is -2.49. The number of piperidine rings is 1. The van der Waals surface area contributed by atoms with E-state index in [-0.39, 0.29) is 18.9 Å². The van der Waals surface area contributed by atoms with Gasteiger partial charge in [0.2, 0.25) is 15.9 Å². The molecule has 1 aromatic carbocycles. The molecule has 0 unspecified atom stereocenters. The van der Waals surface area contributed by atoms with E-state index in [2.05, 4.69) is 24.1 Å². The van der Waals surface area contributed by atoms with Gasteiger partial charge in [-0.1, -0.05) is 24.6 Å². The van der Waals surface area contributed by atoms with Crippen LogP contribution in [0.15, 0.2) is 35.2 Å². The third-order valence-electron chi connectivity index (χ3n) is 6.41. The fourth-order valence-electron chi connectivity index (χ4n) is 4.53. The summed E-state index contributed by atoms with van der Waals surface area (Å²) in [5, 5.41) is 3.24. The molecule has 168 valence electrons. The molecule has 0 saturated carbocycles. The standard InChI is InChI=1S/C22H36N4O3S/c1-19-7-6-8-20(2)26(19)18-17-25(30(28,29)21-9-4-3-5-10-21)14-11-22(27)24-15-12-23-13-16-24/h3-5,9-10,19-20,23H,6-8,11-18H2,1-2H3/t19-,20-/m0/s1. The topological polar surface area (TPSA) is 73.0 Å². The first-order valence-electron chi connectivity index (χ1n) is 11.2. The van der Waals surface area contributed by atoms with Gasteiger partial charge in [-0.3, -0.25) is 9.69 Å². The van der Waals surface area contributed by atoms with Crippen LogP contribution in [-0.4, -0.2) is 86.3 Å². The third-order valence-corrected chi connectivity index (χ3v) is 8.32. The first kappa shape index (κ1) is 23.2. The van der Waals surface area contributed by atoms with Crippen molar-refractivity contribution in [2.75, 3.05) is 45.8 Å². The number of amides is 1. The van der Waals surface area contributed by atoms with Crippen molar-refractivity contribution in [1.82, 2.24) is 19.4 Å². The molecule has 30 heavy (non-hydrogen) atoms. The fraction of sp³-hybridized carbons (Fsp3) is 0.682. The Bertz CT molecular complexity index is 771. The molecule has 0 aliphatic carbocycles. The summed E-state index contributed by atoms with van der Waals surface area (Å²) in [6, 6.07) is 9.47. The largest absolute Gasteiger partial charge is 0.340 e. The van der Waals surface area contributed by atoms with Crippen LogP contribution >= 0.6 is 0 Å². The van der Waals surface area contributed by atoms with Crippen LogP contribution in [0.1, 0.15) is 39.5 Å². The van der Waals surface area contributed by atoms with Crippen molar-refractivity contribution in [2.45, 2.75) is 56.5 Å². The maximum absolute atomic E-state index is 13.3. The summed E-state index contributed by atoms with van der Waals surface area (Å²) in [6.07, 6.45) is 3.75. The molecule has 0 aromatic heterocycles. The van der Waals surface area contributed by atoms with E-state index in [1.54, 1.807) is 24.3 Å². The van der Waals surface area contributed by atoms with Crippen LogP contribution in [0.25, 0.3) is 0 Å². The number of piperazine rings is 1. The minimum atomic E-state index is -3.64. The van der Waals surface area contributed by atoms with E-state index < -0.39 is 10.0 Å². The summed E-state index contributed by atoms with van der Waals surface area (Å²) in [7, 11) is -3.64. The molecule has 1 N–H and O–H groups in total. The Morgan fingerprint density at radius 1 is 1.07 bits per heavy atom. The molecule has 0 radical (unpaired) electrons. The van der Waals surface area contributed by atoms with Gasteiger partial charge in [-0.2, -0.15) is 4.31 Å². The van der Waals surface area contributed by atoms with E-state index >= 15 is 0 Å². The zero-order valence-corrected chi connectivity index (χ0v) is 19.1.